The summed E-state index contributed by atoms with van der Waals surface area (Å²) >= 11 is 6.03. The van der Waals surface area contributed by atoms with Crippen molar-refractivity contribution in [1.82, 2.24) is 20.0 Å². The van der Waals surface area contributed by atoms with Crippen molar-refractivity contribution in [3.8, 4) is 17.3 Å². The van der Waals surface area contributed by atoms with Crippen LogP contribution in [0.1, 0.15) is 5.82 Å². The Balaban J connectivity index is 1.33. The van der Waals surface area contributed by atoms with Gasteiger partial charge in [-0.25, -0.2) is 0 Å². The topological polar surface area (TPSA) is 84.3 Å². The Hall–Kier alpha value is -3.32. The van der Waals surface area contributed by atoms with Gasteiger partial charge < -0.3 is 19.1 Å². The number of aromatic amines is 1. The van der Waals surface area contributed by atoms with Crippen LogP contribution in [0.15, 0.2) is 59.1 Å². The molecule has 0 unspecified atom stereocenters. The summed E-state index contributed by atoms with van der Waals surface area (Å²) in [5.74, 6) is 1.47. The molecule has 29 heavy (non-hydrogen) atoms. The van der Waals surface area contributed by atoms with Crippen molar-refractivity contribution in [2.45, 2.75) is 6.42 Å². The maximum Gasteiger partial charge on any atom is 0.274 e. The second kappa shape index (κ2) is 8.36. The van der Waals surface area contributed by atoms with E-state index in [1.165, 1.54) is 0 Å². The molecule has 2 heterocycles. The van der Waals surface area contributed by atoms with Gasteiger partial charge in [0.15, 0.2) is 12.4 Å². The van der Waals surface area contributed by atoms with Gasteiger partial charge in [-0.15, -0.1) is 0 Å². The Labute approximate surface area is 172 Å². The van der Waals surface area contributed by atoms with E-state index >= 15 is 0 Å². The normalized spacial score (nSPS) is 11.0. The van der Waals surface area contributed by atoms with Gasteiger partial charge in [0, 0.05) is 35.9 Å². The van der Waals surface area contributed by atoms with Gasteiger partial charge in [-0.2, -0.15) is 4.98 Å². The molecule has 0 saturated heterocycles. The number of H-pyrrole nitrogens is 1. The Morgan fingerprint density at radius 3 is 2.86 bits per heavy atom. The van der Waals surface area contributed by atoms with Gasteiger partial charge in [-0.1, -0.05) is 35.0 Å². The molecule has 0 aliphatic carbocycles. The van der Waals surface area contributed by atoms with Crippen LogP contribution in [0.5, 0.6) is 5.75 Å². The lowest BCUT2D eigenvalue weighted by molar-refractivity contribution is -0.132. The second-order valence-corrected chi connectivity index (χ2v) is 7.03. The van der Waals surface area contributed by atoms with Crippen LogP contribution in [0, 0.1) is 0 Å². The zero-order chi connectivity index (χ0) is 20.2. The first kappa shape index (κ1) is 19.0. The molecular formula is C21H19ClN4O3. The fourth-order valence-electron chi connectivity index (χ4n) is 2.85. The van der Waals surface area contributed by atoms with Crippen molar-refractivity contribution in [3.05, 3.63) is 65.4 Å². The van der Waals surface area contributed by atoms with E-state index in [2.05, 4.69) is 15.1 Å². The van der Waals surface area contributed by atoms with E-state index in [0.29, 0.717) is 35.5 Å². The molecule has 4 aromatic rings. The van der Waals surface area contributed by atoms with Gasteiger partial charge in [0.25, 0.3) is 11.8 Å². The Kier molecular flexibility index (Phi) is 5.48. The number of halogens is 1. The molecule has 7 nitrogen and oxygen atoms in total. The number of amides is 1. The number of ether oxygens (including phenoxy) is 1. The summed E-state index contributed by atoms with van der Waals surface area (Å²) in [6, 6.07) is 16.7. The standard InChI is InChI=1S/C21H19ClN4O3/c1-26(20(27)13-28-16-5-3-2-4-6-16)10-9-19-24-21(29-25-19)18-12-14-11-15(22)7-8-17(14)23-18/h2-8,11-12,23H,9-10,13H2,1H3. The highest BCUT2D eigenvalue weighted by Crippen LogP contribution is 2.25. The first-order valence-electron chi connectivity index (χ1n) is 9.11. The average Bonchev–Trinajstić information content (AvgIpc) is 3.37. The number of carbonyl (C=O) groups is 1. The fourth-order valence-corrected chi connectivity index (χ4v) is 3.03. The number of hydrogen-bond donors (Lipinski definition) is 1. The number of aromatic nitrogens is 3. The summed E-state index contributed by atoms with van der Waals surface area (Å²) in [6.07, 6.45) is 0.475. The van der Waals surface area contributed by atoms with Crippen molar-refractivity contribution in [1.29, 1.82) is 0 Å². The lowest BCUT2D eigenvalue weighted by Crippen LogP contribution is -2.33. The average molecular weight is 411 g/mol. The van der Waals surface area contributed by atoms with Crippen LogP contribution in [0.2, 0.25) is 5.02 Å². The second-order valence-electron chi connectivity index (χ2n) is 6.60. The molecule has 0 atom stereocenters. The lowest BCUT2D eigenvalue weighted by Gasteiger charge is -2.16. The van der Waals surface area contributed by atoms with Crippen LogP contribution in [0.4, 0.5) is 0 Å². The van der Waals surface area contributed by atoms with Crippen LogP contribution in [0.25, 0.3) is 22.5 Å². The predicted octanol–water partition coefficient (Wildman–Crippen LogP) is 3.95. The molecule has 1 amide bonds. The molecule has 2 aromatic heterocycles. The van der Waals surface area contributed by atoms with E-state index < -0.39 is 0 Å². The number of nitrogens with one attached hydrogen (secondary N) is 1. The molecule has 4 rings (SSSR count). The minimum absolute atomic E-state index is 0.0182. The van der Waals surface area contributed by atoms with E-state index in [-0.39, 0.29) is 12.5 Å². The number of fused-ring (bicyclic) bond motifs is 1. The Bertz CT molecular complexity index is 1120. The molecule has 0 saturated carbocycles. The first-order chi connectivity index (χ1) is 14.1. The van der Waals surface area contributed by atoms with Gasteiger partial charge in [0.1, 0.15) is 11.4 Å². The highest BCUT2D eigenvalue weighted by Gasteiger charge is 2.14. The van der Waals surface area contributed by atoms with E-state index in [0.717, 1.165) is 16.6 Å². The van der Waals surface area contributed by atoms with E-state index in [4.69, 9.17) is 20.9 Å². The SMILES string of the molecule is CN(CCc1noc(-c2cc3cc(Cl)ccc3[nH]2)n1)C(=O)COc1ccccc1. The van der Waals surface area contributed by atoms with Crippen LogP contribution in [-0.2, 0) is 11.2 Å². The zero-order valence-electron chi connectivity index (χ0n) is 15.8. The predicted molar refractivity (Wildman–Crippen MR) is 110 cm³/mol. The summed E-state index contributed by atoms with van der Waals surface area (Å²) < 4.78 is 10.8. The third kappa shape index (κ3) is 4.57. The first-order valence-corrected chi connectivity index (χ1v) is 9.49. The van der Waals surface area contributed by atoms with Gasteiger partial charge in [0.05, 0.1) is 0 Å². The third-order valence-electron chi connectivity index (χ3n) is 4.48. The van der Waals surface area contributed by atoms with Crippen LogP contribution in [0.3, 0.4) is 0 Å². The number of para-hydroxylation sites is 1. The van der Waals surface area contributed by atoms with Crippen LogP contribution in [-0.4, -0.2) is 46.1 Å². The van der Waals surface area contributed by atoms with Crippen molar-refractivity contribution in [2.24, 2.45) is 0 Å². The minimum atomic E-state index is -0.120. The maximum atomic E-state index is 12.2. The van der Waals surface area contributed by atoms with E-state index in [1.54, 1.807) is 11.9 Å². The molecule has 8 heteroatoms. The third-order valence-corrected chi connectivity index (χ3v) is 4.72. The lowest BCUT2D eigenvalue weighted by atomic mass is 10.2. The van der Waals surface area contributed by atoms with Crippen molar-refractivity contribution < 1.29 is 14.1 Å². The quantitative estimate of drug-likeness (QED) is 0.498. The molecule has 1 N–H and O–H groups in total. The summed E-state index contributed by atoms with van der Waals surface area (Å²) in [7, 11) is 1.72. The molecule has 0 radical (unpaired) electrons. The summed E-state index contributed by atoms with van der Waals surface area (Å²) in [6.45, 7) is 0.438. The number of rotatable bonds is 7. The number of likely N-dealkylation sites (N-methyl/N-ethyl adjacent to an activating group) is 1. The van der Waals surface area contributed by atoms with Crippen LogP contribution < -0.4 is 4.74 Å². The van der Waals surface area contributed by atoms with Gasteiger partial charge in [-0.05, 0) is 36.4 Å². The summed E-state index contributed by atoms with van der Waals surface area (Å²) in [4.78, 5) is 21.4. The molecule has 0 bridgehead atoms. The smallest absolute Gasteiger partial charge is 0.274 e. The Morgan fingerprint density at radius 2 is 2.03 bits per heavy atom. The summed E-state index contributed by atoms with van der Waals surface area (Å²) in [5.41, 5.74) is 1.66. The fraction of sp³-hybridized carbons (Fsp3) is 0.190. The van der Waals surface area contributed by atoms with Gasteiger partial charge in [0.2, 0.25) is 0 Å². The number of nitrogens with zero attached hydrogens (tertiary/aromatic N) is 3. The molecule has 0 aliphatic rings. The zero-order valence-corrected chi connectivity index (χ0v) is 16.5. The van der Waals surface area contributed by atoms with Gasteiger partial charge >= 0.3 is 0 Å². The monoisotopic (exact) mass is 410 g/mol. The summed E-state index contributed by atoms with van der Waals surface area (Å²) in [5, 5.41) is 5.64. The maximum absolute atomic E-state index is 12.2. The highest BCUT2D eigenvalue weighted by molar-refractivity contribution is 6.31. The molecular weight excluding hydrogens is 392 g/mol. The molecule has 0 spiro atoms. The molecule has 0 fully saturated rings. The van der Waals surface area contributed by atoms with Crippen molar-refractivity contribution in [3.63, 3.8) is 0 Å². The minimum Gasteiger partial charge on any atom is -0.484 e. The molecule has 148 valence electrons. The van der Waals surface area contributed by atoms with Crippen LogP contribution >= 0.6 is 11.6 Å². The largest absolute Gasteiger partial charge is 0.484 e. The van der Waals surface area contributed by atoms with E-state index in [1.807, 2.05) is 54.6 Å². The molecule has 2 aromatic carbocycles. The van der Waals surface area contributed by atoms with Crippen molar-refractivity contribution in [2.75, 3.05) is 20.2 Å². The van der Waals surface area contributed by atoms with E-state index in [9.17, 15) is 4.79 Å². The van der Waals surface area contributed by atoms with Gasteiger partial charge in [-0.3, -0.25) is 4.79 Å². The number of carbonyl (C=O) groups excluding carboxylic acids is 1. The Morgan fingerprint density at radius 1 is 1.21 bits per heavy atom. The highest BCUT2D eigenvalue weighted by atomic mass is 35.5. The number of hydrogen-bond acceptors (Lipinski definition) is 5. The molecule has 0 aliphatic heterocycles. The van der Waals surface area contributed by atoms with Crippen molar-refractivity contribution >= 4 is 28.4 Å². The number of benzene rings is 2.